The number of nitrogens with zero attached hydrogens (tertiary/aromatic N) is 5. The van der Waals surface area contributed by atoms with Crippen LogP contribution in [0.3, 0.4) is 0 Å². The van der Waals surface area contributed by atoms with Crippen molar-refractivity contribution in [2.45, 2.75) is 46.1 Å². The van der Waals surface area contributed by atoms with Crippen LogP contribution in [0, 0.1) is 6.92 Å². The van der Waals surface area contributed by atoms with Gasteiger partial charge in [0, 0.05) is 73.1 Å². The molecule has 2 aliphatic heterocycles. The third-order valence-corrected chi connectivity index (χ3v) is 7.10. The number of anilines is 1. The van der Waals surface area contributed by atoms with Gasteiger partial charge < -0.3 is 14.5 Å². The molecule has 1 fully saturated rings. The summed E-state index contributed by atoms with van der Waals surface area (Å²) in [4.78, 5) is 26.2. The van der Waals surface area contributed by atoms with Gasteiger partial charge in [-0.1, -0.05) is 13.0 Å². The highest BCUT2D eigenvalue weighted by atomic mass is 16.5. The number of H-pyrrole nitrogens is 1. The summed E-state index contributed by atoms with van der Waals surface area (Å²) in [7, 11) is 0. The topological polar surface area (TPSA) is 86.7 Å². The molecule has 5 rings (SSSR count). The highest BCUT2D eigenvalue weighted by Gasteiger charge is 2.26. The molecule has 1 atom stereocenters. The zero-order valence-corrected chi connectivity index (χ0v) is 21.5. The van der Waals surface area contributed by atoms with Gasteiger partial charge in [0.15, 0.2) is 0 Å². The first-order valence-electron chi connectivity index (χ1n) is 12.7. The summed E-state index contributed by atoms with van der Waals surface area (Å²) >= 11 is 0. The Bertz CT molecular complexity index is 1270. The van der Waals surface area contributed by atoms with Gasteiger partial charge in [-0.2, -0.15) is 5.10 Å². The van der Waals surface area contributed by atoms with E-state index < -0.39 is 0 Å². The summed E-state index contributed by atoms with van der Waals surface area (Å²) in [6.07, 6.45) is 4.54. The van der Waals surface area contributed by atoms with Crippen LogP contribution in [-0.2, 0) is 16.0 Å². The highest BCUT2D eigenvalue weighted by molar-refractivity contribution is 5.99. The maximum atomic E-state index is 12.4. The van der Waals surface area contributed by atoms with Gasteiger partial charge in [-0.3, -0.25) is 19.9 Å². The molecule has 0 spiro atoms. The lowest BCUT2D eigenvalue weighted by Gasteiger charge is -2.36. The van der Waals surface area contributed by atoms with Crippen molar-refractivity contribution in [3.63, 3.8) is 0 Å². The summed E-state index contributed by atoms with van der Waals surface area (Å²) in [5.74, 6) is 0.304. The minimum atomic E-state index is 0.0631. The molecule has 36 heavy (non-hydrogen) atoms. The third kappa shape index (κ3) is 5.04. The van der Waals surface area contributed by atoms with Crippen molar-refractivity contribution < 1.29 is 9.53 Å². The monoisotopic (exact) mass is 486 g/mol. The zero-order valence-electron chi connectivity index (χ0n) is 21.5. The SMILES string of the molecule is Cc1[nH]ncc1-c1ccc2c(c1)C(C)C(Cc1cc(N3CCN(C(=O)COC(C)C)CC3)ccn1)=N2. The van der Waals surface area contributed by atoms with Crippen LogP contribution in [0.2, 0.25) is 0 Å². The molecule has 0 saturated carbocycles. The maximum absolute atomic E-state index is 12.4. The molecule has 0 radical (unpaired) electrons. The van der Waals surface area contributed by atoms with Crippen LogP contribution in [0.5, 0.6) is 0 Å². The fourth-order valence-electron chi connectivity index (χ4n) is 4.92. The number of hydrogen-bond donors (Lipinski definition) is 1. The van der Waals surface area contributed by atoms with E-state index in [0.29, 0.717) is 13.1 Å². The summed E-state index contributed by atoms with van der Waals surface area (Å²) in [6.45, 7) is 11.3. The number of ether oxygens (including phenoxy) is 1. The van der Waals surface area contributed by atoms with Crippen molar-refractivity contribution >= 4 is 23.0 Å². The quantitative estimate of drug-likeness (QED) is 0.539. The first-order chi connectivity index (χ1) is 17.4. The minimum Gasteiger partial charge on any atom is -0.369 e. The predicted molar refractivity (Wildman–Crippen MR) is 142 cm³/mol. The number of benzene rings is 1. The molecule has 2 aliphatic rings. The van der Waals surface area contributed by atoms with Crippen molar-refractivity contribution in [1.29, 1.82) is 0 Å². The van der Waals surface area contributed by atoms with Crippen LogP contribution >= 0.6 is 0 Å². The van der Waals surface area contributed by atoms with Crippen molar-refractivity contribution in [3.05, 3.63) is 59.7 Å². The van der Waals surface area contributed by atoms with Gasteiger partial charge in [-0.15, -0.1) is 0 Å². The average Bonchev–Trinajstić information content (AvgIpc) is 3.45. The lowest BCUT2D eigenvalue weighted by atomic mass is 9.92. The molecule has 8 heteroatoms. The van der Waals surface area contributed by atoms with E-state index in [1.54, 1.807) is 0 Å². The standard InChI is InChI=1S/C28H34N6O2/c1-18(2)36-17-28(35)34-11-9-33(10-12-34)23-7-8-29-22(14-23)15-27-19(3)24-13-21(5-6-26(24)31-27)25-16-30-32-20(25)4/h5-8,13-14,16,18-19H,9-12,15,17H2,1-4H3,(H,30,32). The van der Waals surface area contributed by atoms with Crippen molar-refractivity contribution in [1.82, 2.24) is 20.1 Å². The maximum Gasteiger partial charge on any atom is 0.248 e. The number of carbonyl (C=O) groups excluding carboxylic acids is 1. The number of amides is 1. The molecule has 4 heterocycles. The third-order valence-electron chi connectivity index (χ3n) is 7.10. The Morgan fingerprint density at radius 3 is 2.69 bits per heavy atom. The molecule has 0 bridgehead atoms. The smallest absolute Gasteiger partial charge is 0.248 e. The van der Waals surface area contributed by atoms with E-state index in [-0.39, 0.29) is 24.5 Å². The first-order valence-corrected chi connectivity index (χ1v) is 12.7. The van der Waals surface area contributed by atoms with Crippen LogP contribution in [0.15, 0.2) is 47.7 Å². The van der Waals surface area contributed by atoms with Crippen LogP contribution in [0.25, 0.3) is 11.1 Å². The molecular formula is C28H34N6O2. The number of carbonyl (C=O) groups is 1. The summed E-state index contributed by atoms with van der Waals surface area (Å²) < 4.78 is 5.48. The highest BCUT2D eigenvalue weighted by Crippen LogP contribution is 2.39. The van der Waals surface area contributed by atoms with Gasteiger partial charge >= 0.3 is 0 Å². The number of aryl methyl sites for hydroxylation is 1. The van der Waals surface area contributed by atoms with E-state index in [1.807, 2.05) is 38.1 Å². The number of hydrogen-bond acceptors (Lipinski definition) is 6. The molecule has 188 valence electrons. The van der Waals surface area contributed by atoms with Crippen LogP contribution in [0.4, 0.5) is 11.4 Å². The molecule has 1 unspecified atom stereocenters. The number of aromatic amines is 1. The number of pyridine rings is 1. The molecule has 1 N–H and O–H groups in total. The second-order valence-electron chi connectivity index (χ2n) is 9.92. The normalized spacial score (nSPS) is 17.5. The van der Waals surface area contributed by atoms with E-state index in [4.69, 9.17) is 9.73 Å². The fourth-order valence-corrected chi connectivity index (χ4v) is 4.92. The summed E-state index contributed by atoms with van der Waals surface area (Å²) in [5, 5.41) is 7.19. The van der Waals surface area contributed by atoms with Gasteiger partial charge in [-0.05, 0) is 56.2 Å². The van der Waals surface area contributed by atoms with E-state index in [1.165, 1.54) is 5.56 Å². The van der Waals surface area contributed by atoms with E-state index in [2.05, 4.69) is 57.3 Å². The molecule has 3 aromatic rings. The van der Waals surface area contributed by atoms with Crippen LogP contribution in [-0.4, -0.2) is 70.6 Å². The van der Waals surface area contributed by atoms with Gasteiger partial charge in [0.1, 0.15) is 6.61 Å². The summed E-state index contributed by atoms with van der Waals surface area (Å²) in [6, 6.07) is 10.7. The molecular weight excluding hydrogens is 452 g/mol. The van der Waals surface area contributed by atoms with E-state index >= 15 is 0 Å². The first kappa shape index (κ1) is 24.2. The largest absolute Gasteiger partial charge is 0.369 e. The number of piperazine rings is 1. The molecule has 1 amide bonds. The van der Waals surface area contributed by atoms with Gasteiger partial charge in [-0.25, -0.2) is 0 Å². The van der Waals surface area contributed by atoms with Gasteiger partial charge in [0.05, 0.1) is 18.0 Å². The Balaban J connectivity index is 1.23. The Morgan fingerprint density at radius 2 is 1.97 bits per heavy atom. The fraction of sp³-hybridized carbons (Fsp3) is 0.429. The van der Waals surface area contributed by atoms with Gasteiger partial charge in [0.2, 0.25) is 5.91 Å². The number of nitrogens with one attached hydrogen (secondary N) is 1. The Kier molecular flexibility index (Phi) is 6.87. The Morgan fingerprint density at radius 1 is 1.17 bits per heavy atom. The molecule has 2 aromatic heterocycles. The lowest BCUT2D eigenvalue weighted by Crippen LogP contribution is -2.50. The van der Waals surface area contributed by atoms with Crippen molar-refractivity contribution in [2.75, 3.05) is 37.7 Å². The summed E-state index contributed by atoms with van der Waals surface area (Å²) in [5.41, 5.74) is 8.95. The number of fused-ring (bicyclic) bond motifs is 1. The lowest BCUT2D eigenvalue weighted by molar-refractivity contribution is -0.137. The minimum absolute atomic E-state index is 0.0631. The predicted octanol–water partition coefficient (Wildman–Crippen LogP) is 4.29. The molecule has 0 aliphatic carbocycles. The molecule has 8 nitrogen and oxygen atoms in total. The second-order valence-corrected chi connectivity index (χ2v) is 9.92. The average molecular weight is 487 g/mol. The van der Waals surface area contributed by atoms with Crippen LogP contribution < -0.4 is 4.90 Å². The molecule has 1 aromatic carbocycles. The Labute approximate surface area is 212 Å². The number of aliphatic imine (C=N–C) groups is 1. The number of aromatic nitrogens is 3. The van der Waals surface area contributed by atoms with E-state index in [9.17, 15) is 4.79 Å². The zero-order chi connectivity index (χ0) is 25.2. The molecule has 1 saturated heterocycles. The second kappa shape index (κ2) is 10.2. The van der Waals surface area contributed by atoms with Crippen molar-refractivity contribution in [3.8, 4) is 11.1 Å². The van der Waals surface area contributed by atoms with Crippen molar-refractivity contribution in [2.24, 2.45) is 4.99 Å². The number of rotatable bonds is 7. The van der Waals surface area contributed by atoms with Crippen LogP contribution in [0.1, 0.15) is 43.6 Å². The van der Waals surface area contributed by atoms with E-state index in [0.717, 1.165) is 59.1 Å². The van der Waals surface area contributed by atoms with Gasteiger partial charge in [0.25, 0.3) is 0 Å². The Hall–Kier alpha value is -3.52.